The fourth-order valence-electron chi connectivity index (χ4n) is 3.16. The Morgan fingerprint density at radius 1 is 1.05 bits per heavy atom. The van der Waals surface area contributed by atoms with Crippen LogP contribution in [0, 0.1) is 0 Å². The first-order chi connectivity index (χ1) is 10.3. The molecule has 1 saturated heterocycles. The molecule has 0 aromatic heterocycles. The standard InChI is InChI=1S/C16H24N4O/c1-18-8-10-19(11-9-18)12-13-20-7-6-15(17-21)14-4-2-3-5-16(14)20/h2-5,21H,6-13H2,1H3/b17-15-. The number of fused-ring (bicyclic) bond motifs is 1. The summed E-state index contributed by atoms with van der Waals surface area (Å²) >= 11 is 0. The van der Waals surface area contributed by atoms with Gasteiger partial charge < -0.3 is 15.0 Å². The third-order valence-electron chi connectivity index (χ3n) is 4.58. The van der Waals surface area contributed by atoms with Gasteiger partial charge in [0, 0.05) is 63.5 Å². The van der Waals surface area contributed by atoms with E-state index in [1.54, 1.807) is 0 Å². The molecule has 0 atom stereocenters. The quantitative estimate of drug-likeness (QED) is 0.673. The average Bonchev–Trinajstić information content (AvgIpc) is 2.54. The number of oxime groups is 1. The molecule has 0 saturated carbocycles. The smallest absolute Gasteiger partial charge is 0.0906 e. The summed E-state index contributed by atoms with van der Waals surface area (Å²) in [6, 6.07) is 8.24. The fourth-order valence-corrected chi connectivity index (χ4v) is 3.16. The predicted octanol–water partition coefficient (Wildman–Crippen LogP) is 1.32. The fraction of sp³-hybridized carbons (Fsp3) is 0.562. The van der Waals surface area contributed by atoms with Crippen LogP contribution in [-0.4, -0.2) is 73.6 Å². The number of piperazine rings is 1. The van der Waals surface area contributed by atoms with E-state index in [2.05, 4.69) is 39.0 Å². The van der Waals surface area contributed by atoms with Gasteiger partial charge in [0.1, 0.15) is 0 Å². The second-order valence-electron chi connectivity index (χ2n) is 5.95. The molecule has 1 aromatic rings. The van der Waals surface area contributed by atoms with Crippen molar-refractivity contribution in [3.05, 3.63) is 29.8 Å². The normalized spacial score (nSPS) is 22.5. The molecule has 3 rings (SSSR count). The zero-order valence-corrected chi connectivity index (χ0v) is 12.7. The molecule has 114 valence electrons. The predicted molar refractivity (Wildman–Crippen MR) is 85.5 cm³/mol. The van der Waals surface area contributed by atoms with Gasteiger partial charge in [-0.2, -0.15) is 0 Å². The molecule has 0 unspecified atom stereocenters. The van der Waals surface area contributed by atoms with Crippen molar-refractivity contribution in [2.75, 3.05) is 57.8 Å². The first-order valence-electron chi connectivity index (χ1n) is 7.74. The van der Waals surface area contributed by atoms with E-state index in [0.29, 0.717) is 0 Å². The summed E-state index contributed by atoms with van der Waals surface area (Å²) in [6.45, 7) is 7.73. The van der Waals surface area contributed by atoms with Crippen molar-refractivity contribution in [3.8, 4) is 0 Å². The topological polar surface area (TPSA) is 42.3 Å². The van der Waals surface area contributed by atoms with E-state index in [4.69, 9.17) is 5.21 Å². The Bertz CT molecular complexity index is 509. The Hall–Kier alpha value is -1.59. The molecule has 5 heteroatoms. The number of hydrogen-bond donors (Lipinski definition) is 1. The first-order valence-corrected chi connectivity index (χ1v) is 7.74. The highest BCUT2D eigenvalue weighted by molar-refractivity contribution is 6.06. The molecule has 0 spiro atoms. The number of hydrogen-bond acceptors (Lipinski definition) is 5. The highest BCUT2D eigenvalue weighted by Crippen LogP contribution is 2.26. The van der Waals surface area contributed by atoms with Gasteiger partial charge >= 0.3 is 0 Å². The van der Waals surface area contributed by atoms with Crippen LogP contribution < -0.4 is 4.90 Å². The third-order valence-corrected chi connectivity index (χ3v) is 4.58. The third kappa shape index (κ3) is 3.19. The van der Waals surface area contributed by atoms with E-state index in [0.717, 1.165) is 63.5 Å². The van der Waals surface area contributed by atoms with E-state index in [1.807, 2.05) is 12.1 Å². The van der Waals surface area contributed by atoms with Gasteiger partial charge in [0.2, 0.25) is 0 Å². The number of benzene rings is 1. The molecule has 0 bridgehead atoms. The minimum atomic E-state index is 0.807. The molecule has 2 aliphatic rings. The molecule has 1 N–H and O–H groups in total. The van der Waals surface area contributed by atoms with Gasteiger partial charge in [-0.05, 0) is 13.1 Å². The molecule has 2 heterocycles. The van der Waals surface area contributed by atoms with Crippen LogP contribution in [0.4, 0.5) is 5.69 Å². The zero-order chi connectivity index (χ0) is 14.7. The molecule has 0 aliphatic carbocycles. The van der Waals surface area contributed by atoms with E-state index in [1.165, 1.54) is 5.69 Å². The van der Waals surface area contributed by atoms with Crippen LogP contribution >= 0.6 is 0 Å². The van der Waals surface area contributed by atoms with Crippen LogP contribution in [0.5, 0.6) is 0 Å². The van der Waals surface area contributed by atoms with Crippen molar-refractivity contribution in [1.29, 1.82) is 0 Å². The molecule has 1 aromatic carbocycles. The van der Waals surface area contributed by atoms with Crippen LogP contribution in [0.3, 0.4) is 0 Å². The van der Waals surface area contributed by atoms with Crippen molar-refractivity contribution < 1.29 is 5.21 Å². The minimum Gasteiger partial charge on any atom is -0.411 e. The lowest BCUT2D eigenvalue weighted by Crippen LogP contribution is -2.47. The van der Waals surface area contributed by atoms with Gasteiger partial charge in [0.05, 0.1) is 5.71 Å². The maximum absolute atomic E-state index is 9.14. The van der Waals surface area contributed by atoms with E-state index >= 15 is 0 Å². The number of rotatable bonds is 3. The SMILES string of the molecule is CN1CCN(CCN2CC/C(=N/O)c3ccccc32)CC1. The Labute approximate surface area is 126 Å². The van der Waals surface area contributed by atoms with Crippen LogP contribution in [0.25, 0.3) is 0 Å². The second kappa shape index (κ2) is 6.45. The van der Waals surface area contributed by atoms with Crippen LogP contribution in [0.15, 0.2) is 29.4 Å². The lowest BCUT2D eigenvalue weighted by atomic mass is 9.99. The summed E-state index contributed by atoms with van der Waals surface area (Å²) in [5.74, 6) is 0. The number of likely N-dealkylation sites (N-methyl/N-ethyl adjacent to an activating group) is 1. The summed E-state index contributed by atoms with van der Waals surface area (Å²) in [5, 5.41) is 12.6. The molecule has 21 heavy (non-hydrogen) atoms. The van der Waals surface area contributed by atoms with Crippen LogP contribution in [0.2, 0.25) is 0 Å². The Balaban J connectivity index is 1.64. The van der Waals surface area contributed by atoms with Gasteiger partial charge in [0.15, 0.2) is 0 Å². The second-order valence-corrected chi connectivity index (χ2v) is 5.95. The van der Waals surface area contributed by atoms with Gasteiger partial charge in [-0.3, -0.25) is 4.90 Å². The summed E-state index contributed by atoms with van der Waals surface area (Å²) in [7, 11) is 2.19. The number of anilines is 1. The van der Waals surface area contributed by atoms with Gasteiger partial charge in [-0.1, -0.05) is 23.4 Å². The highest BCUT2D eigenvalue weighted by Gasteiger charge is 2.22. The van der Waals surface area contributed by atoms with E-state index in [-0.39, 0.29) is 0 Å². The lowest BCUT2D eigenvalue weighted by molar-refractivity contribution is 0.157. The largest absolute Gasteiger partial charge is 0.411 e. The summed E-state index contributed by atoms with van der Waals surface area (Å²) in [4.78, 5) is 7.34. The molecule has 2 aliphatic heterocycles. The van der Waals surface area contributed by atoms with Crippen molar-refractivity contribution in [2.24, 2.45) is 5.16 Å². The van der Waals surface area contributed by atoms with Crippen molar-refractivity contribution in [3.63, 3.8) is 0 Å². The van der Waals surface area contributed by atoms with Crippen LogP contribution in [0.1, 0.15) is 12.0 Å². The molecule has 0 radical (unpaired) electrons. The zero-order valence-electron chi connectivity index (χ0n) is 12.7. The Morgan fingerprint density at radius 2 is 1.81 bits per heavy atom. The molecule has 1 fully saturated rings. The van der Waals surface area contributed by atoms with E-state index in [9.17, 15) is 0 Å². The number of para-hydroxylation sites is 1. The van der Waals surface area contributed by atoms with Crippen molar-refractivity contribution >= 4 is 11.4 Å². The number of nitrogens with zero attached hydrogens (tertiary/aromatic N) is 4. The van der Waals surface area contributed by atoms with Crippen molar-refractivity contribution in [2.45, 2.75) is 6.42 Å². The minimum absolute atomic E-state index is 0.807. The molecule has 0 amide bonds. The van der Waals surface area contributed by atoms with Gasteiger partial charge in [0.25, 0.3) is 0 Å². The maximum atomic E-state index is 9.14. The lowest BCUT2D eigenvalue weighted by Gasteiger charge is -2.36. The summed E-state index contributed by atoms with van der Waals surface area (Å²) in [6.07, 6.45) is 0.816. The molecular formula is C16H24N4O. The average molecular weight is 288 g/mol. The van der Waals surface area contributed by atoms with Crippen LogP contribution in [-0.2, 0) is 0 Å². The van der Waals surface area contributed by atoms with E-state index < -0.39 is 0 Å². The molecule has 5 nitrogen and oxygen atoms in total. The Morgan fingerprint density at radius 3 is 2.57 bits per heavy atom. The maximum Gasteiger partial charge on any atom is 0.0906 e. The van der Waals surface area contributed by atoms with Gasteiger partial charge in [-0.25, -0.2) is 0 Å². The van der Waals surface area contributed by atoms with Crippen molar-refractivity contribution in [1.82, 2.24) is 9.80 Å². The first kappa shape index (κ1) is 14.4. The monoisotopic (exact) mass is 288 g/mol. The molecular weight excluding hydrogens is 264 g/mol. The Kier molecular flexibility index (Phi) is 4.41. The summed E-state index contributed by atoms with van der Waals surface area (Å²) < 4.78 is 0. The van der Waals surface area contributed by atoms with Gasteiger partial charge in [-0.15, -0.1) is 0 Å². The highest BCUT2D eigenvalue weighted by atomic mass is 16.4. The summed E-state index contributed by atoms with van der Waals surface area (Å²) in [5.41, 5.74) is 3.08.